The van der Waals surface area contributed by atoms with Gasteiger partial charge in [0.25, 0.3) is 0 Å². The molecule has 132 valence electrons. The molecule has 0 unspecified atom stereocenters. The van der Waals surface area contributed by atoms with Gasteiger partial charge in [-0.2, -0.15) is 0 Å². The van der Waals surface area contributed by atoms with E-state index >= 15 is 0 Å². The highest BCUT2D eigenvalue weighted by Gasteiger charge is 2.12. The van der Waals surface area contributed by atoms with Crippen molar-refractivity contribution in [1.29, 1.82) is 0 Å². The third kappa shape index (κ3) is 4.73. The van der Waals surface area contributed by atoms with Crippen LogP contribution in [0.25, 0.3) is 0 Å². The minimum atomic E-state index is -0.0197. The Balaban J connectivity index is 2.19. The molecule has 2 aromatic rings. The zero-order valence-corrected chi connectivity index (χ0v) is 14.8. The summed E-state index contributed by atoms with van der Waals surface area (Å²) in [4.78, 5) is 15.8. The molecule has 0 saturated heterocycles. The van der Waals surface area contributed by atoms with Gasteiger partial charge in [-0.25, -0.2) is 0 Å². The maximum atomic E-state index is 11.4. The number of hydrogen-bond acceptors (Lipinski definition) is 5. The van der Waals surface area contributed by atoms with E-state index in [0.717, 1.165) is 16.9 Å². The van der Waals surface area contributed by atoms with Crippen molar-refractivity contribution in [2.45, 2.75) is 13.3 Å². The van der Waals surface area contributed by atoms with Crippen molar-refractivity contribution >= 4 is 23.5 Å². The molecule has 25 heavy (non-hydrogen) atoms. The first-order valence-electron chi connectivity index (χ1n) is 7.85. The predicted octanol–water partition coefficient (Wildman–Crippen LogP) is 3.81. The maximum Gasteiger partial charge on any atom is 0.224 e. The van der Waals surface area contributed by atoms with E-state index in [1.807, 2.05) is 43.3 Å². The number of hydrogen-bond donors (Lipinski definition) is 1. The largest absolute Gasteiger partial charge is 0.493 e. The van der Waals surface area contributed by atoms with Gasteiger partial charge in [-0.15, -0.1) is 0 Å². The minimum Gasteiger partial charge on any atom is -0.493 e. The van der Waals surface area contributed by atoms with Crippen LogP contribution in [0.5, 0.6) is 17.2 Å². The van der Waals surface area contributed by atoms with Gasteiger partial charge in [-0.3, -0.25) is 9.79 Å². The van der Waals surface area contributed by atoms with Crippen LogP contribution >= 0.6 is 0 Å². The van der Waals surface area contributed by atoms with Gasteiger partial charge in [0.15, 0.2) is 11.5 Å². The number of anilines is 1. The van der Waals surface area contributed by atoms with Crippen molar-refractivity contribution in [2.24, 2.45) is 4.99 Å². The molecule has 6 nitrogen and oxygen atoms in total. The molecule has 0 radical (unpaired) electrons. The van der Waals surface area contributed by atoms with Gasteiger partial charge in [0.1, 0.15) is 0 Å². The average molecular weight is 342 g/mol. The van der Waals surface area contributed by atoms with E-state index in [0.29, 0.717) is 23.7 Å². The lowest BCUT2D eigenvalue weighted by Crippen LogP contribution is -2.08. The first-order valence-corrected chi connectivity index (χ1v) is 7.85. The molecule has 0 spiro atoms. The highest BCUT2D eigenvalue weighted by atomic mass is 16.5. The summed E-state index contributed by atoms with van der Waals surface area (Å²) < 4.78 is 16.0. The second kappa shape index (κ2) is 8.73. The van der Waals surface area contributed by atoms with E-state index in [2.05, 4.69) is 10.3 Å². The maximum absolute atomic E-state index is 11.4. The summed E-state index contributed by atoms with van der Waals surface area (Å²) in [6.07, 6.45) is 2.16. The second-order valence-electron chi connectivity index (χ2n) is 5.17. The molecule has 2 rings (SSSR count). The third-order valence-corrected chi connectivity index (χ3v) is 3.52. The Labute approximate surface area is 147 Å². The van der Waals surface area contributed by atoms with E-state index in [-0.39, 0.29) is 5.91 Å². The van der Waals surface area contributed by atoms with Gasteiger partial charge < -0.3 is 19.5 Å². The molecular weight excluding hydrogens is 320 g/mol. The monoisotopic (exact) mass is 342 g/mol. The molecule has 0 aromatic heterocycles. The molecule has 0 aliphatic rings. The number of carbonyl (C=O) groups excluding carboxylic acids is 1. The first-order chi connectivity index (χ1) is 12.1. The summed E-state index contributed by atoms with van der Waals surface area (Å²) in [6, 6.07) is 10.9. The van der Waals surface area contributed by atoms with Crippen molar-refractivity contribution < 1.29 is 19.0 Å². The molecular formula is C19H22N2O4. The summed E-state index contributed by atoms with van der Waals surface area (Å²) in [7, 11) is 4.70. The Bertz CT molecular complexity index is 730. The Morgan fingerprint density at radius 2 is 1.64 bits per heavy atom. The number of aliphatic imine (C=N–C) groups is 1. The average Bonchev–Trinajstić information content (AvgIpc) is 2.66. The molecule has 0 aliphatic heterocycles. The summed E-state index contributed by atoms with van der Waals surface area (Å²) in [5.74, 6) is 1.66. The lowest BCUT2D eigenvalue weighted by molar-refractivity contribution is -0.115. The summed E-state index contributed by atoms with van der Waals surface area (Å²) >= 11 is 0. The van der Waals surface area contributed by atoms with Crippen LogP contribution in [0.1, 0.15) is 18.9 Å². The molecule has 0 saturated carbocycles. The quantitative estimate of drug-likeness (QED) is 0.777. The lowest BCUT2D eigenvalue weighted by Gasteiger charge is -2.12. The van der Waals surface area contributed by atoms with Crippen LogP contribution < -0.4 is 19.5 Å². The zero-order valence-electron chi connectivity index (χ0n) is 14.8. The zero-order chi connectivity index (χ0) is 18.2. The molecule has 0 fully saturated rings. The molecule has 0 bridgehead atoms. The van der Waals surface area contributed by atoms with E-state index in [9.17, 15) is 4.79 Å². The van der Waals surface area contributed by atoms with Crippen LogP contribution in [-0.2, 0) is 4.79 Å². The first kappa shape index (κ1) is 18.3. The van der Waals surface area contributed by atoms with Gasteiger partial charge in [0.05, 0.1) is 27.0 Å². The Kier molecular flexibility index (Phi) is 6.39. The fourth-order valence-corrected chi connectivity index (χ4v) is 2.21. The van der Waals surface area contributed by atoms with E-state index in [1.165, 1.54) is 0 Å². The number of nitrogens with one attached hydrogen (secondary N) is 1. The minimum absolute atomic E-state index is 0.0197. The number of rotatable bonds is 7. The summed E-state index contributed by atoms with van der Waals surface area (Å²) in [5, 5.41) is 2.80. The third-order valence-electron chi connectivity index (χ3n) is 3.52. The number of methoxy groups -OCH3 is 3. The number of nitrogens with zero attached hydrogens (tertiary/aromatic N) is 1. The number of carbonyl (C=O) groups is 1. The Morgan fingerprint density at radius 1 is 1.04 bits per heavy atom. The standard InChI is InChI=1S/C19H22N2O4/c1-5-18(22)21-15-8-6-14(7-9-15)20-12-13-10-16(23-2)19(25-4)17(11-13)24-3/h6-12H,5H2,1-4H3,(H,21,22). The van der Waals surface area contributed by atoms with Crippen LogP contribution in [0.4, 0.5) is 11.4 Å². The molecule has 0 heterocycles. The van der Waals surface area contributed by atoms with E-state index in [4.69, 9.17) is 14.2 Å². The van der Waals surface area contributed by atoms with Crippen LogP contribution in [0.15, 0.2) is 41.4 Å². The van der Waals surface area contributed by atoms with E-state index < -0.39 is 0 Å². The SMILES string of the molecule is CCC(=O)Nc1ccc(N=Cc2cc(OC)c(OC)c(OC)c2)cc1. The van der Waals surface area contributed by atoms with Gasteiger partial charge in [0.2, 0.25) is 11.7 Å². The fraction of sp³-hybridized carbons (Fsp3) is 0.263. The molecule has 1 amide bonds. The van der Waals surface area contributed by atoms with Crippen LogP contribution in [0, 0.1) is 0 Å². The number of ether oxygens (including phenoxy) is 3. The van der Waals surface area contributed by atoms with Crippen LogP contribution in [-0.4, -0.2) is 33.5 Å². The Hall–Kier alpha value is -3.02. The summed E-state index contributed by atoms with van der Waals surface area (Å²) in [6.45, 7) is 1.81. The Morgan fingerprint density at radius 3 is 2.12 bits per heavy atom. The van der Waals surface area contributed by atoms with Gasteiger partial charge >= 0.3 is 0 Å². The van der Waals surface area contributed by atoms with Crippen molar-refractivity contribution in [3.05, 3.63) is 42.0 Å². The van der Waals surface area contributed by atoms with Crippen molar-refractivity contribution in [2.75, 3.05) is 26.6 Å². The van der Waals surface area contributed by atoms with Gasteiger partial charge in [0, 0.05) is 23.9 Å². The van der Waals surface area contributed by atoms with Gasteiger partial charge in [-0.1, -0.05) is 6.92 Å². The molecule has 2 aromatic carbocycles. The highest BCUT2D eigenvalue weighted by Crippen LogP contribution is 2.37. The van der Waals surface area contributed by atoms with Crippen LogP contribution in [0.2, 0.25) is 0 Å². The molecule has 0 aliphatic carbocycles. The number of benzene rings is 2. The van der Waals surface area contributed by atoms with Crippen molar-refractivity contribution in [1.82, 2.24) is 0 Å². The molecule has 6 heteroatoms. The normalized spacial score (nSPS) is 10.6. The smallest absolute Gasteiger partial charge is 0.224 e. The van der Waals surface area contributed by atoms with Crippen molar-refractivity contribution in [3.63, 3.8) is 0 Å². The lowest BCUT2D eigenvalue weighted by atomic mass is 10.2. The predicted molar refractivity (Wildman–Crippen MR) is 98.7 cm³/mol. The highest BCUT2D eigenvalue weighted by molar-refractivity contribution is 5.90. The van der Waals surface area contributed by atoms with Gasteiger partial charge in [-0.05, 0) is 36.4 Å². The van der Waals surface area contributed by atoms with Crippen LogP contribution in [0.3, 0.4) is 0 Å². The molecule has 1 N–H and O–H groups in total. The topological polar surface area (TPSA) is 69.2 Å². The molecule has 0 atom stereocenters. The summed E-state index contributed by atoms with van der Waals surface area (Å²) in [5.41, 5.74) is 2.33. The van der Waals surface area contributed by atoms with E-state index in [1.54, 1.807) is 27.5 Å². The number of amides is 1. The second-order valence-corrected chi connectivity index (χ2v) is 5.17. The van der Waals surface area contributed by atoms with Crippen molar-refractivity contribution in [3.8, 4) is 17.2 Å². The fourth-order valence-electron chi connectivity index (χ4n) is 2.21.